The molecule has 15 N–H and O–H groups in total. The van der Waals surface area contributed by atoms with Gasteiger partial charge in [-0.25, -0.2) is 0 Å². The Bertz CT molecular complexity index is 2080. The van der Waals surface area contributed by atoms with Crippen LogP contribution in [-0.2, 0) is 64.0 Å². The molecule has 2 fully saturated rings. The summed E-state index contributed by atoms with van der Waals surface area (Å²) < 4.78 is 0. The van der Waals surface area contributed by atoms with Crippen molar-refractivity contribution in [1.29, 1.82) is 0 Å². The monoisotopic (exact) mass is 970 g/mol. The second-order valence-corrected chi connectivity index (χ2v) is 17.9. The second kappa shape index (κ2) is 26.9. The normalized spacial score (nSPS) is 22.7. The average Bonchev–Trinajstić information content (AvgIpc) is 3.76. The molecule has 0 aromatic heterocycles. The van der Waals surface area contributed by atoms with E-state index in [0.29, 0.717) is 12.0 Å². The van der Waals surface area contributed by atoms with Crippen LogP contribution in [0.4, 0.5) is 0 Å². The van der Waals surface area contributed by atoms with Gasteiger partial charge in [0.15, 0.2) is 0 Å². The molecular weight excluding hydrogens is 905 g/mol. The molecule has 0 spiro atoms. The van der Waals surface area contributed by atoms with Crippen LogP contribution in [0.1, 0.15) is 91.0 Å². The molecule has 1 aromatic rings. The number of nitrogens with one attached hydrogen (secondary N) is 8. The van der Waals surface area contributed by atoms with E-state index in [-0.39, 0.29) is 49.8 Å². The molecule has 0 bridgehead atoms. The molecule has 380 valence electrons. The molecule has 2 aliphatic heterocycles. The third-order valence-electron chi connectivity index (χ3n) is 11.1. The molecular formula is C44H66N12O13. The summed E-state index contributed by atoms with van der Waals surface area (Å²) in [6.45, 7) is 5.90. The summed E-state index contributed by atoms with van der Waals surface area (Å²) in [5, 5.41) is 29.6. The summed E-state index contributed by atoms with van der Waals surface area (Å²) in [4.78, 5) is 161. The van der Waals surface area contributed by atoms with Crippen molar-refractivity contribution < 1.29 is 62.6 Å². The van der Waals surface area contributed by atoms with Gasteiger partial charge in [-0.1, -0.05) is 39.8 Å². The maximum atomic E-state index is 14.4. The van der Waals surface area contributed by atoms with Crippen molar-refractivity contribution in [3.8, 4) is 5.75 Å². The first-order chi connectivity index (χ1) is 32.4. The number of carbonyl (C=O) groups is 12. The summed E-state index contributed by atoms with van der Waals surface area (Å²) in [5.74, 6) is -11.1. The third kappa shape index (κ3) is 19.1. The van der Waals surface area contributed by atoms with E-state index < -0.39 is 158 Å². The van der Waals surface area contributed by atoms with Crippen molar-refractivity contribution in [2.45, 2.75) is 134 Å². The zero-order chi connectivity index (χ0) is 51.5. The molecule has 25 heteroatoms. The number of aromatic hydroxyl groups is 1. The van der Waals surface area contributed by atoms with Crippen LogP contribution < -0.4 is 59.7 Å². The van der Waals surface area contributed by atoms with Gasteiger partial charge in [0.05, 0.1) is 19.5 Å². The Balaban J connectivity index is 2.05. The van der Waals surface area contributed by atoms with Gasteiger partial charge in [0, 0.05) is 25.8 Å². The lowest BCUT2D eigenvalue weighted by Gasteiger charge is -2.31. The number of phenolic OH excluding ortho intramolecular Hbond substituents is 1. The third-order valence-corrected chi connectivity index (χ3v) is 11.1. The van der Waals surface area contributed by atoms with E-state index in [1.807, 2.05) is 0 Å². The van der Waals surface area contributed by atoms with Crippen molar-refractivity contribution in [3.05, 3.63) is 29.8 Å². The Labute approximate surface area is 398 Å². The van der Waals surface area contributed by atoms with Crippen LogP contribution in [0, 0.1) is 11.8 Å². The largest absolute Gasteiger partial charge is 0.508 e. The van der Waals surface area contributed by atoms with Crippen LogP contribution >= 0.6 is 0 Å². The first-order valence-electron chi connectivity index (χ1n) is 22.7. The number of primary amides is 3. The van der Waals surface area contributed by atoms with Crippen molar-refractivity contribution in [2.24, 2.45) is 29.0 Å². The number of hydrogen-bond acceptors (Lipinski definition) is 13. The highest BCUT2D eigenvalue weighted by atomic mass is 16.3. The Morgan fingerprint density at radius 2 is 1.33 bits per heavy atom. The molecule has 0 radical (unpaired) electrons. The van der Waals surface area contributed by atoms with E-state index >= 15 is 0 Å². The van der Waals surface area contributed by atoms with Gasteiger partial charge in [0.25, 0.3) is 0 Å². The minimum atomic E-state index is -1.82. The number of rotatable bonds is 17. The fourth-order valence-electron chi connectivity index (χ4n) is 7.65. The van der Waals surface area contributed by atoms with Crippen LogP contribution in [0.15, 0.2) is 24.3 Å². The van der Waals surface area contributed by atoms with Crippen LogP contribution in [0.5, 0.6) is 5.75 Å². The first-order valence-corrected chi connectivity index (χ1v) is 22.7. The Hall–Kier alpha value is -7.34. The minimum Gasteiger partial charge on any atom is -0.508 e. The standard InChI is InChI=1S/C44H66N12O13/c1-22(2)16-28(38(63)49-20-35(47)60)55-43(68)32-6-5-15-56(32)44(69)27-12-14-36(61)48-21-37(62)50-30(18-24-7-9-25(57)10-8-24)41(66)53-29(17-23(3)4)40(65)51-26(11-13-33(45)58)39(64)54-31(19-34(46)59)42(67)52-27/h7-10,22-23,26-32,57H,5-6,11-21H2,1-4H3,(H2,45,58)(H2,46,59)(H2,47,60)(H,48,61)(H,49,63)(H,50,62)(H,51,65)(H,52,67)(H,53,66)(H,54,64)(H,55,68)/t26-,27-,28-,29-,30-,31-,32?/m0/s1. The lowest BCUT2D eigenvalue weighted by Crippen LogP contribution is -2.61. The number of hydrogen-bond donors (Lipinski definition) is 12. The summed E-state index contributed by atoms with van der Waals surface area (Å²) in [7, 11) is 0. The molecule has 2 saturated heterocycles. The van der Waals surface area contributed by atoms with E-state index in [1.54, 1.807) is 27.7 Å². The Morgan fingerprint density at radius 3 is 1.94 bits per heavy atom. The molecule has 12 amide bonds. The van der Waals surface area contributed by atoms with Crippen LogP contribution in [-0.4, -0.2) is 143 Å². The lowest BCUT2D eigenvalue weighted by molar-refractivity contribution is -0.143. The van der Waals surface area contributed by atoms with Gasteiger partial charge < -0.3 is 69.7 Å². The van der Waals surface area contributed by atoms with Crippen molar-refractivity contribution in [2.75, 3.05) is 19.6 Å². The van der Waals surface area contributed by atoms with E-state index in [4.69, 9.17) is 17.2 Å². The average molecular weight is 971 g/mol. The number of amides is 12. The van der Waals surface area contributed by atoms with Crippen molar-refractivity contribution >= 4 is 70.9 Å². The fraction of sp³-hybridized carbons (Fsp3) is 0.591. The summed E-state index contributed by atoms with van der Waals surface area (Å²) in [6.07, 6.45) is -2.28. The highest BCUT2D eigenvalue weighted by molar-refractivity contribution is 5.99. The molecule has 2 aliphatic rings. The highest BCUT2D eigenvalue weighted by Crippen LogP contribution is 2.21. The molecule has 0 aliphatic carbocycles. The maximum absolute atomic E-state index is 14.4. The molecule has 25 nitrogen and oxygen atoms in total. The number of benzene rings is 1. The predicted molar refractivity (Wildman–Crippen MR) is 244 cm³/mol. The zero-order valence-electron chi connectivity index (χ0n) is 39.2. The van der Waals surface area contributed by atoms with E-state index in [2.05, 4.69) is 42.5 Å². The first kappa shape index (κ1) is 56.0. The van der Waals surface area contributed by atoms with Gasteiger partial charge in [-0.05, 0) is 68.1 Å². The minimum absolute atomic E-state index is 0.00411. The predicted octanol–water partition coefficient (Wildman–Crippen LogP) is -4.42. The lowest BCUT2D eigenvalue weighted by atomic mass is 10.00. The number of nitrogens with zero attached hydrogens (tertiary/aromatic N) is 1. The molecule has 1 aromatic carbocycles. The summed E-state index contributed by atoms with van der Waals surface area (Å²) in [6, 6.07) is -4.35. The van der Waals surface area contributed by atoms with Gasteiger partial charge >= 0.3 is 0 Å². The molecule has 0 saturated carbocycles. The van der Waals surface area contributed by atoms with Crippen LogP contribution in [0.3, 0.4) is 0 Å². The molecule has 7 atom stereocenters. The van der Waals surface area contributed by atoms with Gasteiger partial charge in [0.1, 0.15) is 48.0 Å². The van der Waals surface area contributed by atoms with Gasteiger partial charge in [0.2, 0.25) is 70.9 Å². The van der Waals surface area contributed by atoms with E-state index in [1.165, 1.54) is 24.3 Å². The van der Waals surface area contributed by atoms with E-state index in [0.717, 1.165) is 4.90 Å². The second-order valence-electron chi connectivity index (χ2n) is 17.9. The number of likely N-dealkylation sites (tertiary alicyclic amines) is 1. The topological polar surface area (TPSA) is 403 Å². The van der Waals surface area contributed by atoms with Gasteiger partial charge in [-0.3, -0.25) is 57.5 Å². The maximum Gasteiger partial charge on any atom is 0.245 e. The van der Waals surface area contributed by atoms with Crippen molar-refractivity contribution in [1.82, 2.24) is 47.4 Å². The fourth-order valence-corrected chi connectivity index (χ4v) is 7.65. The molecule has 69 heavy (non-hydrogen) atoms. The Kier molecular flexibility index (Phi) is 21.8. The van der Waals surface area contributed by atoms with Gasteiger partial charge in [-0.15, -0.1) is 0 Å². The van der Waals surface area contributed by atoms with Crippen LogP contribution in [0.25, 0.3) is 0 Å². The molecule has 1 unspecified atom stereocenters. The highest BCUT2D eigenvalue weighted by Gasteiger charge is 2.40. The zero-order valence-corrected chi connectivity index (χ0v) is 39.2. The summed E-state index contributed by atoms with van der Waals surface area (Å²) in [5.41, 5.74) is 16.5. The molecule has 3 rings (SSSR count). The van der Waals surface area contributed by atoms with Crippen LogP contribution in [0.2, 0.25) is 0 Å². The summed E-state index contributed by atoms with van der Waals surface area (Å²) >= 11 is 0. The SMILES string of the molecule is CC(C)C[C@H](NC(=O)C1CCCN1C(=O)[C@@H]1CCC(=O)NCC(=O)N[C@@H](Cc2ccc(O)cc2)C(=O)N[C@@H](CC(C)C)C(=O)N[C@@H](CCC(N)=O)C(=O)N[C@@H](CC(N)=O)C(=O)N1)C(=O)NCC(N)=O. The molecule has 2 heterocycles. The van der Waals surface area contributed by atoms with Crippen molar-refractivity contribution in [3.63, 3.8) is 0 Å². The smallest absolute Gasteiger partial charge is 0.245 e. The number of nitrogens with two attached hydrogens (primary N) is 3. The van der Waals surface area contributed by atoms with E-state index in [9.17, 15) is 62.6 Å². The quantitative estimate of drug-likeness (QED) is 0.0703. The Morgan fingerprint density at radius 1 is 0.725 bits per heavy atom. The number of phenols is 1. The van der Waals surface area contributed by atoms with Gasteiger partial charge in [-0.2, -0.15) is 0 Å². The number of carbonyl (C=O) groups excluding carboxylic acids is 12.